The summed E-state index contributed by atoms with van der Waals surface area (Å²) in [7, 11) is 0. The van der Waals surface area contributed by atoms with Crippen molar-refractivity contribution < 1.29 is 13.2 Å². The van der Waals surface area contributed by atoms with Gasteiger partial charge in [-0.2, -0.15) is 13.2 Å². The second-order valence-corrected chi connectivity index (χ2v) is 6.00. The first-order valence-corrected chi connectivity index (χ1v) is 7.45. The Balaban J connectivity index is 2.15. The zero-order valence-corrected chi connectivity index (χ0v) is 12.9. The second-order valence-electron chi connectivity index (χ2n) is 4.11. The fourth-order valence-corrected chi connectivity index (χ4v) is 2.73. The van der Waals surface area contributed by atoms with Gasteiger partial charge in [0.05, 0.1) is 10.0 Å². The summed E-state index contributed by atoms with van der Waals surface area (Å²) in [6, 6.07) is 11.4. The standard InChI is InChI=1S/C14H10Cl2F3NS/c15-10-5-3-4-9(13(10)16)8-20-11-6-1-2-7-12(11)21-14(17,18)19/h1-7,20H,8H2. The maximum Gasteiger partial charge on any atom is 0.446 e. The first-order chi connectivity index (χ1) is 9.87. The van der Waals surface area contributed by atoms with Crippen LogP contribution < -0.4 is 5.32 Å². The van der Waals surface area contributed by atoms with Gasteiger partial charge in [0.15, 0.2) is 0 Å². The number of rotatable bonds is 4. The van der Waals surface area contributed by atoms with Gasteiger partial charge in [0.1, 0.15) is 0 Å². The SMILES string of the molecule is FC(F)(F)Sc1ccccc1NCc1cccc(Cl)c1Cl. The number of anilines is 1. The molecule has 0 amide bonds. The molecule has 21 heavy (non-hydrogen) atoms. The minimum atomic E-state index is -4.33. The Hall–Kier alpha value is -1.04. The lowest BCUT2D eigenvalue weighted by Gasteiger charge is -2.13. The molecule has 0 heterocycles. The second kappa shape index (κ2) is 6.81. The van der Waals surface area contributed by atoms with Crippen molar-refractivity contribution >= 4 is 40.7 Å². The molecular formula is C14H10Cl2F3NS. The van der Waals surface area contributed by atoms with Crippen LogP contribution in [0.2, 0.25) is 10.0 Å². The number of para-hydroxylation sites is 1. The lowest BCUT2D eigenvalue weighted by molar-refractivity contribution is -0.0327. The van der Waals surface area contributed by atoms with E-state index < -0.39 is 5.51 Å². The van der Waals surface area contributed by atoms with Crippen molar-refractivity contribution in [1.29, 1.82) is 0 Å². The highest BCUT2D eigenvalue weighted by atomic mass is 35.5. The maximum atomic E-state index is 12.5. The molecule has 7 heteroatoms. The van der Waals surface area contributed by atoms with E-state index >= 15 is 0 Å². The first-order valence-electron chi connectivity index (χ1n) is 5.88. The van der Waals surface area contributed by atoms with Crippen LogP contribution in [0.3, 0.4) is 0 Å². The zero-order valence-electron chi connectivity index (χ0n) is 10.5. The quantitative estimate of drug-likeness (QED) is 0.656. The molecule has 0 unspecified atom stereocenters. The Morgan fingerprint density at radius 2 is 1.71 bits per heavy atom. The van der Waals surface area contributed by atoms with E-state index in [4.69, 9.17) is 23.2 Å². The Kier molecular flexibility index (Phi) is 5.30. The predicted octanol–water partition coefficient (Wildman–Crippen LogP) is 6.22. The third-order valence-electron chi connectivity index (χ3n) is 2.61. The molecule has 1 N–H and O–H groups in total. The van der Waals surface area contributed by atoms with Gasteiger partial charge in [0.25, 0.3) is 0 Å². The fraction of sp³-hybridized carbons (Fsp3) is 0.143. The van der Waals surface area contributed by atoms with Gasteiger partial charge >= 0.3 is 5.51 Å². The zero-order chi connectivity index (χ0) is 15.5. The van der Waals surface area contributed by atoms with E-state index in [2.05, 4.69) is 5.32 Å². The van der Waals surface area contributed by atoms with Crippen molar-refractivity contribution in [2.24, 2.45) is 0 Å². The molecule has 1 nitrogen and oxygen atoms in total. The minimum absolute atomic E-state index is 0.114. The molecule has 0 aliphatic rings. The van der Waals surface area contributed by atoms with Crippen LogP contribution in [0.5, 0.6) is 0 Å². The van der Waals surface area contributed by atoms with Crippen molar-refractivity contribution in [3.8, 4) is 0 Å². The van der Waals surface area contributed by atoms with Crippen LogP contribution in [0.1, 0.15) is 5.56 Å². The summed E-state index contributed by atoms with van der Waals surface area (Å²) in [6.45, 7) is 0.287. The number of hydrogen-bond acceptors (Lipinski definition) is 2. The van der Waals surface area contributed by atoms with Gasteiger partial charge in [0, 0.05) is 17.1 Å². The van der Waals surface area contributed by atoms with E-state index in [1.807, 2.05) is 0 Å². The Labute approximate surface area is 134 Å². The number of alkyl halides is 3. The molecule has 0 saturated carbocycles. The molecule has 0 saturated heterocycles. The van der Waals surface area contributed by atoms with Crippen molar-refractivity contribution in [2.45, 2.75) is 16.9 Å². The summed E-state index contributed by atoms with van der Waals surface area (Å²) in [5, 5.41) is 3.76. The molecule has 0 aromatic heterocycles. The van der Waals surface area contributed by atoms with E-state index in [-0.39, 0.29) is 23.2 Å². The summed E-state index contributed by atoms with van der Waals surface area (Å²) < 4.78 is 37.5. The van der Waals surface area contributed by atoms with E-state index in [1.54, 1.807) is 36.4 Å². The third-order valence-corrected chi connectivity index (χ3v) is 4.28. The van der Waals surface area contributed by atoms with Crippen LogP contribution in [0.25, 0.3) is 0 Å². The number of benzene rings is 2. The highest BCUT2D eigenvalue weighted by molar-refractivity contribution is 8.00. The fourth-order valence-electron chi connectivity index (χ4n) is 1.70. The number of nitrogens with one attached hydrogen (secondary N) is 1. The highest BCUT2D eigenvalue weighted by Gasteiger charge is 2.30. The molecule has 0 spiro atoms. The molecule has 2 rings (SSSR count). The van der Waals surface area contributed by atoms with Crippen molar-refractivity contribution in [2.75, 3.05) is 5.32 Å². The van der Waals surface area contributed by atoms with Crippen molar-refractivity contribution in [3.63, 3.8) is 0 Å². The van der Waals surface area contributed by atoms with Crippen LogP contribution in [0.4, 0.5) is 18.9 Å². The average molecular weight is 352 g/mol. The molecule has 0 radical (unpaired) electrons. The number of thioether (sulfide) groups is 1. The summed E-state index contributed by atoms with van der Waals surface area (Å²) in [5.74, 6) is 0. The van der Waals surface area contributed by atoms with Gasteiger partial charge in [0.2, 0.25) is 0 Å². The predicted molar refractivity (Wildman–Crippen MR) is 82.1 cm³/mol. The molecule has 0 aliphatic heterocycles. The Morgan fingerprint density at radius 1 is 1.00 bits per heavy atom. The van der Waals surface area contributed by atoms with Gasteiger partial charge in [-0.05, 0) is 35.5 Å². The van der Waals surface area contributed by atoms with Gasteiger partial charge < -0.3 is 5.32 Å². The largest absolute Gasteiger partial charge is 0.446 e. The van der Waals surface area contributed by atoms with Crippen molar-refractivity contribution in [1.82, 2.24) is 0 Å². The van der Waals surface area contributed by atoms with E-state index in [0.717, 1.165) is 5.56 Å². The first kappa shape index (κ1) is 16.3. The summed E-state index contributed by atoms with van der Waals surface area (Å²) in [4.78, 5) is 0.114. The number of hydrogen-bond donors (Lipinski definition) is 1. The highest BCUT2D eigenvalue weighted by Crippen LogP contribution is 2.40. The van der Waals surface area contributed by atoms with Crippen molar-refractivity contribution in [3.05, 3.63) is 58.1 Å². The molecule has 0 aliphatic carbocycles. The Morgan fingerprint density at radius 3 is 2.43 bits per heavy atom. The van der Waals surface area contributed by atoms with Gasteiger partial charge in [-0.3, -0.25) is 0 Å². The van der Waals surface area contributed by atoms with Crippen LogP contribution in [0.15, 0.2) is 47.4 Å². The smallest absolute Gasteiger partial charge is 0.380 e. The van der Waals surface area contributed by atoms with Crippen LogP contribution >= 0.6 is 35.0 Å². The molecule has 0 atom stereocenters. The van der Waals surface area contributed by atoms with E-state index in [9.17, 15) is 13.2 Å². The van der Waals surface area contributed by atoms with Gasteiger partial charge in [-0.1, -0.05) is 47.5 Å². The van der Waals surface area contributed by atoms with Crippen LogP contribution in [0, 0.1) is 0 Å². The number of halogens is 5. The lowest BCUT2D eigenvalue weighted by atomic mass is 10.2. The molecule has 112 valence electrons. The maximum absolute atomic E-state index is 12.5. The normalized spacial score (nSPS) is 11.5. The Bertz CT molecular complexity index is 632. The monoisotopic (exact) mass is 351 g/mol. The molecule has 0 bridgehead atoms. The molecule has 2 aromatic carbocycles. The minimum Gasteiger partial charge on any atom is -0.380 e. The lowest BCUT2D eigenvalue weighted by Crippen LogP contribution is -2.04. The van der Waals surface area contributed by atoms with E-state index in [1.165, 1.54) is 6.07 Å². The van der Waals surface area contributed by atoms with Crippen LogP contribution in [-0.4, -0.2) is 5.51 Å². The third kappa shape index (κ3) is 4.73. The molecule has 2 aromatic rings. The molecular weight excluding hydrogens is 342 g/mol. The summed E-state index contributed by atoms with van der Waals surface area (Å²) in [6.07, 6.45) is 0. The summed E-state index contributed by atoms with van der Waals surface area (Å²) in [5.41, 5.74) is -3.21. The molecule has 0 fully saturated rings. The average Bonchev–Trinajstić information content (AvgIpc) is 2.40. The summed E-state index contributed by atoms with van der Waals surface area (Å²) >= 11 is 11.8. The van der Waals surface area contributed by atoms with Gasteiger partial charge in [-0.25, -0.2) is 0 Å². The van der Waals surface area contributed by atoms with Gasteiger partial charge in [-0.15, -0.1) is 0 Å². The van der Waals surface area contributed by atoms with Crippen LogP contribution in [-0.2, 0) is 6.54 Å². The topological polar surface area (TPSA) is 12.0 Å². The van der Waals surface area contributed by atoms with E-state index in [0.29, 0.717) is 15.7 Å².